The van der Waals surface area contributed by atoms with E-state index in [1.807, 2.05) is 0 Å². The molecule has 1 amide bonds. The number of ether oxygens (including phenoxy) is 1. The van der Waals surface area contributed by atoms with Gasteiger partial charge < -0.3 is 19.6 Å². The van der Waals surface area contributed by atoms with E-state index in [4.69, 9.17) is 9.15 Å². The minimum Gasteiger partial charge on any atom is -0.450 e. The summed E-state index contributed by atoms with van der Waals surface area (Å²) >= 11 is 3.17. The second kappa shape index (κ2) is 8.07. The van der Waals surface area contributed by atoms with Crippen molar-refractivity contribution in [1.82, 2.24) is 5.32 Å². The van der Waals surface area contributed by atoms with E-state index in [2.05, 4.69) is 21.2 Å². The van der Waals surface area contributed by atoms with E-state index in [9.17, 15) is 9.90 Å². The van der Waals surface area contributed by atoms with Crippen LogP contribution in [0.25, 0.3) is 6.08 Å². The molecule has 1 unspecified atom stereocenters. The lowest BCUT2D eigenvalue weighted by atomic mass is 10.2. The van der Waals surface area contributed by atoms with Gasteiger partial charge in [-0.3, -0.25) is 4.79 Å². The number of aliphatic hydroxyl groups is 1. The van der Waals surface area contributed by atoms with Crippen LogP contribution in [0, 0.1) is 0 Å². The third-order valence-corrected chi connectivity index (χ3v) is 2.56. The Morgan fingerprint density at radius 2 is 2.44 bits per heavy atom. The predicted molar refractivity (Wildman–Crippen MR) is 71.0 cm³/mol. The number of furan rings is 1. The number of rotatable bonds is 7. The first-order chi connectivity index (χ1) is 8.61. The molecule has 0 saturated carbocycles. The molecule has 1 aromatic rings. The molecule has 0 spiro atoms. The van der Waals surface area contributed by atoms with Crippen LogP contribution in [0.2, 0.25) is 0 Å². The fourth-order valence-electron chi connectivity index (χ4n) is 1.27. The Morgan fingerprint density at radius 3 is 3.06 bits per heavy atom. The first-order valence-electron chi connectivity index (χ1n) is 5.50. The van der Waals surface area contributed by atoms with Crippen molar-refractivity contribution in [3.63, 3.8) is 0 Å². The summed E-state index contributed by atoms with van der Waals surface area (Å²) in [5.74, 6) is 0.364. The molecule has 6 heteroatoms. The highest BCUT2D eigenvalue weighted by molar-refractivity contribution is 9.10. The van der Waals surface area contributed by atoms with E-state index in [1.165, 1.54) is 13.2 Å². The number of nitrogens with one attached hydrogen (secondary N) is 1. The predicted octanol–water partition coefficient (Wildman–Crippen LogP) is 1.57. The summed E-state index contributed by atoms with van der Waals surface area (Å²) in [4.78, 5) is 11.4. The Labute approximate surface area is 114 Å². The highest BCUT2D eigenvalue weighted by Gasteiger charge is 2.03. The third kappa shape index (κ3) is 6.00. The zero-order valence-corrected chi connectivity index (χ0v) is 11.6. The molecule has 2 N–H and O–H groups in total. The van der Waals surface area contributed by atoms with E-state index < -0.39 is 6.10 Å². The standard InChI is InChI=1S/C12H16BrNO4/c1-17-8-9(15)6-7-14-12(16)5-3-10-2-4-11(13)18-10/h2-5,9,15H,6-8H2,1H3,(H,14,16)/b5-3+. The van der Waals surface area contributed by atoms with Gasteiger partial charge in [0.25, 0.3) is 0 Å². The number of halogens is 1. The summed E-state index contributed by atoms with van der Waals surface area (Å²) in [5, 5.41) is 12.0. The van der Waals surface area contributed by atoms with Gasteiger partial charge in [-0.2, -0.15) is 0 Å². The third-order valence-electron chi connectivity index (χ3n) is 2.13. The highest BCUT2D eigenvalue weighted by Crippen LogP contribution is 2.14. The molecule has 0 radical (unpaired) electrons. The number of aliphatic hydroxyl groups excluding tert-OH is 1. The molecule has 100 valence electrons. The molecule has 0 aliphatic heterocycles. The summed E-state index contributed by atoms with van der Waals surface area (Å²) < 4.78 is 10.6. The van der Waals surface area contributed by atoms with Crippen LogP contribution in [-0.2, 0) is 9.53 Å². The van der Waals surface area contributed by atoms with Gasteiger partial charge in [0.2, 0.25) is 5.91 Å². The van der Waals surface area contributed by atoms with Crippen LogP contribution in [-0.4, -0.2) is 37.4 Å². The highest BCUT2D eigenvalue weighted by atomic mass is 79.9. The molecule has 1 rings (SSSR count). The SMILES string of the molecule is COCC(O)CCNC(=O)/C=C/c1ccc(Br)o1. The summed E-state index contributed by atoms with van der Waals surface area (Å²) in [5.41, 5.74) is 0. The largest absolute Gasteiger partial charge is 0.450 e. The minimum absolute atomic E-state index is 0.230. The maximum absolute atomic E-state index is 11.4. The van der Waals surface area contributed by atoms with Crippen molar-refractivity contribution in [2.75, 3.05) is 20.3 Å². The lowest BCUT2D eigenvalue weighted by molar-refractivity contribution is -0.116. The second-order valence-electron chi connectivity index (χ2n) is 3.66. The van der Waals surface area contributed by atoms with Gasteiger partial charge in [0.1, 0.15) is 5.76 Å². The van der Waals surface area contributed by atoms with Crippen molar-refractivity contribution < 1.29 is 19.1 Å². The van der Waals surface area contributed by atoms with E-state index in [1.54, 1.807) is 18.2 Å². The normalized spacial score (nSPS) is 12.8. The molecule has 0 aliphatic carbocycles. The van der Waals surface area contributed by atoms with Gasteiger partial charge in [-0.1, -0.05) is 0 Å². The number of amides is 1. The first-order valence-corrected chi connectivity index (χ1v) is 6.29. The van der Waals surface area contributed by atoms with Gasteiger partial charge in [0, 0.05) is 19.7 Å². The Hall–Kier alpha value is -1.11. The van der Waals surface area contributed by atoms with Crippen molar-refractivity contribution in [2.45, 2.75) is 12.5 Å². The van der Waals surface area contributed by atoms with Crippen molar-refractivity contribution in [1.29, 1.82) is 0 Å². The van der Waals surface area contributed by atoms with Crippen LogP contribution in [0.3, 0.4) is 0 Å². The number of methoxy groups -OCH3 is 1. The number of carbonyl (C=O) groups excluding carboxylic acids is 1. The van der Waals surface area contributed by atoms with Crippen LogP contribution in [0.4, 0.5) is 0 Å². The maximum atomic E-state index is 11.4. The van der Waals surface area contributed by atoms with Crippen molar-refractivity contribution >= 4 is 27.9 Å². The van der Waals surface area contributed by atoms with Gasteiger partial charge in [0.05, 0.1) is 12.7 Å². The summed E-state index contributed by atoms with van der Waals surface area (Å²) in [7, 11) is 1.52. The van der Waals surface area contributed by atoms with Gasteiger partial charge in [-0.25, -0.2) is 0 Å². The van der Waals surface area contributed by atoms with Crippen LogP contribution in [0.15, 0.2) is 27.3 Å². The summed E-state index contributed by atoms with van der Waals surface area (Å²) in [6.45, 7) is 0.668. The molecule has 0 saturated heterocycles. The van der Waals surface area contributed by atoms with Gasteiger partial charge in [0.15, 0.2) is 4.67 Å². The van der Waals surface area contributed by atoms with Crippen LogP contribution in [0.1, 0.15) is 12.2 Å². The summed E-state index contributed by atoms with van der Waals surface area (Å²) in [6.07, 6.45) is 2.86. The number of carbonyl (C=O) groups is 1. The molecule has 0 bridgehead atoms. The Balaban J connectivity index is 2.23. The van der Waals surface area contributed by atoms with E-state index in [0.717, 1.165) is 0 Å². The summed E-state index contributed by atoms with van der Waals surface area (Å²) in [6, 6.07) is 3.49. The average Bonchev–Trinajstić information content (AvgIpc) is 2.73. The quantitative estimate of drug-likeness (QED) is 0.749. The average molecular weight is 318 g/mol. The van der Waals surface area contributed by atoms with E-state index >= 15 is 0 Å². The maximum Gasteiger partial charge on any atom is 0.244 e. The second-order valence-corrected chi connectivity index (χ2v) is 4.45. The molecule has 0 fully saturated rings. The number of hydrogen-bond donors (Lipinski definition) is 2. The lowest BCUT2D eigenvalue weighted by Gasteiger charge is -2.08. The molecule has 5 nitrogen and oxygen atoms in total. The van der Waals surface area contributed by atoms with Gasteiger partial charge in [-0.05, 0) is 40.6 Å². The Kier molecular flexibility index (Phi) is 6.70. The van der Waals surface area contributed by atoms with Crippen LogP contribution >= 0.6 is 15.9 Å². The minimum atomic E-state index is -0.555. The fourth-order valence-corrected chi connectivity index (χ4v) is 1.59. The number of hydrogen-bond acceptors (Lipinski definition) is 4. The Morgan fingerprint density at radius 1 is 1.67 bits per heavy atom. The molecule has 0 aromatic carbocycles. The molecular weight excluding hydrogens is 302 g/mol. The molecule has 1 aromatic heterocycles. The molecule has 1 heterocycles. The van der Waals surface area contributed by atoms with Crippen molar-refractivity contribution in [3.8, 4) is 0 Å². The zero-order valence-electron chi connectivity index (χ0n) is 10.1. The molecule has 18 heavy (non-hydrogen) atoms. The lowest BCUT2D eigenvalue weighted by Crippen LogP contribution is -2.27. The Bertz CT molecular complexity index is 403. The van der Waals surface area contributed by atoms with E-state index in [-0.39, 0.29) is 12.5 Å². The smallest absolute Gasteiger partial charge is 0.244 e. The topological polar surface area (TPSA) is 71.7 Å². The zero-order chi connectivity index (χ0) is 13.4. The van der Waals surface area contributed by atoms with Crippen LogP contribution in [0.5, 0.6) is 0 Å². The fraction of sp³-hybridized carbons (Fsp3) is 0.417. The first kappa shape index (κ1) is 14.9. The van der Waals surface area contributed by atoms with Crippen LogP contribution < -0.4 is 5.32 Å². The van der Waals surface area contributed by atoms with Crippen molar-refractivity contribution in [2.24, 2.45) is 0 Å². The molecular formula is C12H16BrNO4. The molecule has 1 atom stereocenters. The van der Waals surface area contributed by atoms with Crippen molar-refractivity contribution in [3.05, 3.63) is 28.6 Å². The monoisotopic (exact) mass is 317 g/mol. The van der Waals surface area contributed by atoms with Gasteiger partial charge >= 0.3 is 0 Å². The van der Waals surface area contributed by atoms with Gasteiger partial charge in [-0.15, -0.1) is 0 Å². The molecule has 0 aliphatic rings. The van der Waals surface area contributed by atoms with E-state index in [0.29, 0.717) is 23.4 Å².